The molecule has 0 aliphatic carbocycles. The van der Waals surface area contributed by atoms with Gasteiger partial charge in [-0.2, -0.15) is 0 Å². The van der Waals surface area contributed by atoms with Crippen molar-refractivity contribution >= 4 is 17.5 Å². The number of methoxy groups -OCH3 is 1. The third-order valence-electron chi connectivity index (χ3n) is 6.97. The van der Waals surface area contributed by atoms with Gasteiger partial charge in [0, 0.05) is 62.6 Å². The first-order chi connectivity index (χ1) is 16.5. The fourth-order valence-corrected chi connectivity index (χ4v) is 4.84. The van der Waals surface area contributed by atoms with Crippen molar-refractivity contribution in [1.29, 1.82) is 0 Å². The standard InChI is InChI=1S/C27H36N4O3/c1-20(2)29-15-17-31(18-16-29)27(33)24-9-4-5-10-25(24)30-13-11-22(12-14-30)28-26(32)21-7-6-8-23(19-21)34-3/h4-10,19-20,22H,11-18H2,1-3H3,(H,28,32). The highest BCUT2D eigenvalue weighted by Gasteiger charge is 2.28. The predicted octanol–water partition coefficient (Wildman–Crippen LogP) is 3.26. The predicted molar refractivity (Wildman–Crippen MR) is 135 cm³/mol. The maximum atomic E-state index is 13.4. The van der Waals surface area contributed by atoms with Crippen molar-refractivity contribution in [3.05, 3.63) is 59.7 Å². The van der Waals surface area contributed by atoms with Gasteiger partial charge in [0.2, 0.25) is 0 Å². The second-order valence-corrected chi connectivity index (χ2v) is 9.41. The Hall–Kier alpha value is -3.06. The van der Waals surface area contributed by atoms with Crippen molar-refractivity contribution in [3.63, 3.8) is 0 Å². The lowest BCUT2D eigenvalue weighted by Crippen LogP contribution is -2.51. The molecule has 2 heterocycles. The molecule has 1 N–H and O–H groups in total. The molecule has 7 nitrogen and oxygen atoms in total. The Labute approximate surface area is 202 Å². The zero-order valence-electron chi connectivity index (χ0n) is 20.5. The van der Waals surface area contributed by atoms with E-state index in [0.29, 0.717) is 17.4 Å². The van der Waals surface area contributed by atoms with Crippen molar-refractivity contribution < 1.29 is 14.3 Å². The third kappa shape index (κ3) is 5.53. The Morgan fingerprint density at radius 3 is 2.32 bits per heavy atom. The first kappa shape index (κ1) is 24.1. The first-order valence-corrected chi connectivity index (χ1v) is 12.3. The average molecular weight is 465 g/mol. The highest BCUT2D eigenvalue weighted by Crippen LogP contribution is 2.26. The number of carbonyl (C=O) groups excluding carboxylic acids is 2. The molecule has 34 heavy (non-hydrogen) atoms. The number of piperazine rings is 1. The van der Waals surface area contributed by atoms with Crippen molar-refractivity contribution in [3.8, 4) is 5.75 Å². The number of nitrogens with zero attached hydrogens (tertiary/aromatic N) is 3. The number of hydrogen-bond donors (Lipinski definition) is 1. The summed E-state index contributed by atoms with van der Waals surface area (Å²) in [5.74, 6) is 0.718. The summed E-state index contributed by atoms with van der Waals surface area (Å²) in [6.07, 6.45) is 1.68. The van der Waals surface area contributed by atoms with E-state index >= 15 is 0 Å². The maximum Gasteiger partial charge on any atom is 0.256 e. The smallest absolute Gasteiger partial charge is 0.256 e. The van der Waals surface area contributed by atoms with E-state index in [0.717, 1.165) is 63.4 Å². The second-order valence-electron chi connectivity index (χ2n) is 9.41. The van der Waals surface area contributed by atoms with E-state index in [2.05, 4.69) is 29.0 Å². The van der Waals surface area contributed by atoms with Crippen molar-refractivity contribution in [2.45, 2.75) is 38.8 Å². The van der Waals surface area contributed by atoms with E-state index in [4.69, 9.17) is 4.74 Å². The summed E-state index contributed by atoms with van der Waals surface area (Å²) in [5, 5.41) is 3.16. The number of hydrogen-bond acceptors (Lipinski definition) is 5. The monoisotopic (exact) mass is 464 g/mol. The normalized spacial score (nSPS) is 17.6. The largest absolute Gasteiger partial charge is 0.497 e. The topological polar surface area (TPSA) is 65.1 Å². The van der Waals surface area contributed by atoms with Crippen molar-refractivity contribution in [2.75, 3.05) is 51.3 Å². The van der Waals surface area contributed by atoms with E-state index < -0.39 is 0 Å². The first-order valence-electron chi connectivity index (χ1n) is 12.3. The summed E-state index contributed by atoms with van der Waals surface area (Å²) >= 11 is 0. The van der Waals surface area contributed by atoms with Crippen LogP contribution in [0.2, 0.25) is 0 Å². The molecule has 0 radical (unpaired) electrons. The van der Waals surface area contributed by atoms with E-state index in [1.165, 1.54) is 0 Å². The van der Waals surface area contributed by atoms with Gasteiger partial charge in [-0.15, -0.1) is 0 Å². The van der Waals surface area contributed by atoms with Gasteiger partial charge in [-0.3, -0.25) is 14.5 Å². The number of anilines is 1. The summed E-state index contributed by atoms with van der Waals surface area (Å²) in [6.45, 7) is 9.38. The lowest BCUT2D eigenvalue weighted by atomic mass is 10.0. The Bertz CT molecular complexity index is 993. The minimum atomic E-state index is -0.0755. The molecular weight excluding hydrogens is 428 g/mol. The molecule has 2 amide bonds. The summed E-state index contributed by atoms with van der Waals surface area (Å²) in [7, 11) is 1.60. The van der Waals surface area contributed by atoms with Gasteiger partial charge in [-0.1, -0.05) is 18.2 Å². The van der Waals surface area contributed by atoms with Crippen molar-refractivity contribution in [2.24, 2.45) is 0 Å². The zero-order chi connectivity index (χ0) is 24.1. The molecule has 2 aromatic carbocycles. The molecule has 4 rings (SSSR count). The number of amides is 2. The summed E-state index contributed by atoms with van der Waals surface area (Å²) in [6, 6.07) is 15.8. The zero-order valence-corrected chi connectivity index (χ0v) is 20.5. The highest BCUT2D eigenvalue weighted by atomic mass is 16.5. The minimum absolute atomic E-state index is 0.0755. The molecule has 7 heteroatoms. The van der Waals surface area contributed by atoms with Crippen LogP contribution in [-0.4, -0.2) is 80.1 Å². The fraction of sp³-hybridized carbons (Fsp3) is 0.481. The number of nitrogens with one attached hydrogen (secondary N) is 1. The van der Waals surface area contributed by atoms with Crippen LogP contribution in [-0.2, 0) is 0 Å². The lowest BCUT2D eigenvalue weighted by Gasteiger charge is -2.38. The number of rotatable bonds is 6. The molecule has 2 aliphatic heterocycles. The number of para-hydroxylation sites is 1. The van der Waals surface area contributed by atoms with E-state index in [9.17, 15) is 9.59 Å². The fourth-order valence-electron chi connectivity index (χ4n) is 4.84. The molecule has 2 aliphatic rings. The molecule has 0 saturated carbocycles. The number of carbonyl (C=O) groups is 2. The van der Waals surface area contributed by atoms with Crippen LogP contribution in [0.3, 0.4) is 0 Å². The quantitative estimate of drug-likeness (QED) is 0.711. The lowest BCUT2D eigenvalue weighted by molar-refractivity contribution is 0.0596. The highest BCUT2D eigenvalue weighted by molar-refractivity contribution is 6.00. The summed E-state index contributed by atoms with van der Waals surface area (Å²) in [5.41, 5.74) is 2.38. The van der Waals surface area contributed by atoms with E-state index in [1.54, 1.807) is 19.2 Å². The van der Waals surface area contributed by atoms with Crippen LogP contribution in [0.4, 0.5) is 5.69 Å². The molecule has 0 bridgehead atoms. The van der Waals surface area contributed by atoms with E-state index in [-0.39, 0.29) is 17.9 Å². The molecule has 0 aromatic heterocycles. The van der Waals surface area contributed by atoms with Crippen molar-refractivity contribution in [1.82, 2.24) is 15.1 Å². The Balaban J connectivity index is 1.36. The minimum Gasteiger partial charge on any atom is -0.497 e. The SMILES string of the molecule is COc1cccc(C(=O)NC2CCN(c3ccccc3C(=O)N3CCN(C(C)C)CC3)CC2)c1. The second kappa shape index (κ2) is 10.9. The number of benzene rings is 2. The van der Waals surface area contributed by atoms with Crippen LogP contribution in [0.1, 0.15) is 47.4 Å². The van der Waals surface area contributed by atoms with Crippen LogP contribution < -0.4 is 15.0 Å². The maximum absolute atomic E-state index is 13.4. The van der Waals surface area contributed by atoms with Gasteiger partial charge in [-0.05, 0) is 57.0 Å². The third-order valence-corrected chi connectivity index (χ3v) is 6.97. The van der Waals surface area contributed by atoms with Crippen LogP contribution in [0.15, 0.2) is 48.5 Å². The number of ether oxygens (including phenoxy) is 1. The van der Waals surface area contributed by atoms with Gasteiger partial charge in [-0.25, -0.2) is 0 Å². The number of piperidine rings is 1. The molecule has 0 spiro atoms. The molecule has 2 saturated heterocycles. The van der Waals surface area contributed by atoms with E-state index in [1.807, 2.05) is 41.3 Å². The van der Waals surface area contributed by atoms with Crippen LogP contribution in [0, 0.1) is 0 Å². The Kier molecular flexibility index (Phi) is 7.73. The van der Waals surface area contributed by atoms with Crippen LogP contribution in [0.25, 0.3) is 0 Å². The molecule has 0 unspecified atom stereocenters. The van der Waals surface area contributed by atoms with Gasteiger partial charge in [0.1, 0.15) is 5.75 Å². The van der Waals surface area contributed by atoms with Crippen LogP contribution >= 0.6 is 0 Å². The summed E-state index contributed by atoms with van der Waals surface area (Å²) < 4.78 is 5.23. The van der Waals surface area contributed by atoms with Gasteiger partial charge in [0.15, 0.2) is 0 Å². The molecule has 2 aromatic rings. The Morgan fingerprint density at radius 1 is 0.941 bits per heavy atom. The molecular formula is C27H36N4O3. The van der Waals surface area contributed by atoms with Crippen LogP contribution in [0.5, 0.6) is 5.75 Å². The van der Waals surface area contributed by atoms with Gasteiger partial charge >= 0.3 is 0 Å². The van der Waals surface area contributed by atoms with Gasteiger partial charge in [0.25, 0.3) is 11.8 Å². The molecule has 2 fully saturated rings. The average Bonchev–Trinajstić information content (AvgIpc) is 2.88. The van der Waals surface area contributed by atoms with Gasteiger partial charge in [0.05, 0.1) is 12.7 Å². The molecule has 182 valence electrons. The molecule has 0 atom stereocenters. The summed E-state index contributed by atoms with van der Waals surface area (Å²) in [4.78, 5) is 32.7. The van der Waals surface area contributed by atoms with Gasteiger partial charge < -0.3 is 19.9 Å². The Morgan fingerprint density at radius 2 is 1.65 bits per heavy atom.